The topological polar surface area (TPSA) is 63.7 Å². The molecule has 1 heterocycles. The van der Waals surface area contributed by atoms with E-state index in [1.165, 1.54) is 24.3 Å². The highest BCUT2D eigenvalue weighted by Crippen LogP contribution is 2.41. The summed E-state index contributed by atoms with van der Waals surface area (Å²) in [5.41, 5.74) is 2.61. The fourth-order valence-electron chi connectivity index (χ4n) is 3.64. The third kappa shape index (κ3) is 3.61. The van der Waals surface area contributed by atoms with Crippen LogP contribution in [0.1, 0.15) is 21.5 Å². The zero-order valence-corrected chi connectivity index (χ0v) is 18.0. The Labute approximate surface area is 180 Å². The minimum Gasteiger partial charge on any atom is -0.497 e. The molecule has 31 heavy (non-hydrogen) atoms. The molecule has 1 aliphatic heterocycles. The average Bonchev–Trinajstić information content (AvgIpc) is 2.73. The van der Waals surface area contributed by atoms with Gasteiger partial charge in [0.1, 0.15) is 16.5 Å². The minimum absolute atomic E-state index is 0.130. The molecule has 0 bridgehead atoms. The van der Waals surface area contributed by atoms with E-state index in [2.05, 4.69) is 0 Å². The first kappa shape index (κ1) is 20.8. The van der Waals surface area contributed by atoms with Crippen molar-refractivity contribution in [3.63, 3.8) is 0 Å². The van der Waals surface area contributed by atoms with Crippen molar-refractivity contribution in [2.75, 3.05) is 12.0 Å². The van der Waals surface area contributed by atoms with Crippen molar-refractivity contribution in [2.24, 2.45) is 0 Å². The third-order valence-corrected chi connectivity index (χ3v) is 6.98. The first-order chi connectivity index (χ1) is 14.7. The summed E-state index contributed by atoms with van der Waals surface area (Å²) < 4.78 is 46.0. The Kier molecular flexibility index (Phi) is 5.15. The van der Waals surface area contributed by atoms with Gasteiger partial charge >= 0.3 is 0 Å². The van der Waals surface area contributed by atoms with E-state index < -0.39 is 21.4 Å². The number of benzene rings is 3. The molecule has 0 N–H and O–H groups in total. The Morgan fingerprint density at radius 1 is 1.00 bits per heavy atom. The molecular formula is C24H20FNO4S. The van der Waals surface area contributed by atoms with Crippen molar-refractivity contribution < 1.29 is 22.3 Å². The van der Waals surface area contributed by atoms with Gasteiger partial charge in [0.15, 0.2) is 0 Å². The Morgan fingerprint density at radius 2 is 1.77 bits per heavy atom. The fraction of sp³-hybridized carbons (Fsp3) is 0.125. The predicted molar refractivity (Wildman–Crippen MR) is 117 cm³/mol. The summed E-state index contributed by atoms with van der Waals surface area (Å²) in [5.74, 6) is -0.653. The Morgan fingerprint density at radius 3 is 2.48 bits per heavy atom. The number of allylic oxidation sites excluding steroid dienone is 1. The number of rotatable bonds is 4. The van der Waals surface area contributed by atoms with Gasteiger partial charge < -0.3 is 9.64 Å². The summed E-state index contributed by atoms with van der Waals surface area (Å²) in [7, 11) is -2.65. The lowest BCUT2D eigenvalue weighted by Crippen LogP contribution is -2.26. The quantitative estimate of drug-likeness (QED) is 0.420. The summed E-state index contributed by atoms with van der Waals surface area (Å²) >= 11 is 0. The highest BCUT2D eigenvalue weighted by Gasteiger charge is 2.37. The van der Waals surface area contributed by atoms with E-state index in [1.807, 2.05) is 13.0 Å². The molecule has 4 rings (SSSR count). The summed E-state index contributed by atoms with van der Waals surface area (Å²) in [6.45, 7) is 3.66. The number of aryl methyl sites for hydroxylation is 2. The molecule has 3 aromatic carbocycles. The van der Waals surface area contributed by atoms with E-state index in [1.54, 1.807) is 43.3 Å². The van der Waals surface area contributed by atoms with E-state index >= 15 is 0 Å². The van der Waals surface area contributed by atoms with E-state index in [4.69, 9.17) is 4.74 Å². The largest absolute Gasteiger partial charge is 0.497 e. The molecule has 0 atom stereocenters. The summed E-state index contributed by atoms with van der Waals surface area (Å²) in [6.07, 6.45) is 1.26. The number of halogens is 1. The number of carbonyl (C=O) groups excluding carboxylic acids is 1. The highest BCUT2D eigenvalue weighted by atomic mass is 32.2. The van der Waals surface area contributed by atoms with Crippen LogP contribution in [0.4, 0.5) is 15.8 Å². The van der Waals surface area contributed by atoms with Crippen LogP contribution >= 0.6 is 0 Å². The van der Waals surface area contributed by atoms with Crippen LogP contribution in [-0.4, -0.2) is 21.3 Å². The molecular weight excluding hydrogens is 417 g/mol. The maximum atomic E-state index is 14.1. The molecule has 0 amide bonds. The van der Waals surface area contributed by atoms with Crippen molar-refractivity contribution in [3.8, 4) is 5.75 Å². The van der Waals surface area contributed by atoms with E-state index in [0.29, 0.717) is 22.6 Å². The maximum absolute atomic E-state index is 14.1. The zero-order chi connectivity index (χ0) is 22.3. The molecule has 3 aromatic rings. The number of ether oxygens (including phenoxy) is 1. The van der Waals surface area contributed by atoms with Gasteiger partial charge in [0.05, 0.1) is 17.7 Å². The number of ketones is 1. The number of sulfone groups is 1. The minimum atomic E-state index is -4.16. The molecule has 0 aliphatic carbocycles. The van der Waals surface area contributed by atoms with Gasteiger partial charge in [-0.25, -0.2) is 12.8 Å². The van der Waals surface area contributed by atoms with Gasteiger partial charge in [-0.15, -0.1) is 0 Å². The van der Waals surface area contributed by atoms with Crippen molar-refractivity contribution >= 4 is 27.0 Å². The maximum Gasteiger partial charge on any atom is 0.214 e. The first-order valence-corrected chi connectivity index (χ1v) is 11.0. The van der Waals surface area contributed by atoms with Crippen LogP contribution in [0.5, 0.6) is 5.75 Å². The van der Waals surface area contributed by atoms with Crippen LogP contribution in [0.2, 0.25) is 0 Å². The van der Waals surface area contributed by atoms with Gasteiger partial charge in [0.25, 0.3) is 0 Å². The number of methoxy groups -OCH3 is 1. The molecule has 158 valence electrons. The number of fused-ring (bicyclic) bond motifs is 1. The molecule has 7 heteroatoms. The number of nitrogens with zero attached hydrogens (tertiary/aromatic N) is 1. The van der Waals surface area contributed by atoms with E-state index in [0.717, 1.165) is 17.7 Å². The number of anilines is 2. The van der Waals surface area contributed by atoms with Crippen molar-refractivity contribution in [1.82, 2.24) is 0 Å². The monoisotopic (exact) mass is 437 g/mol. The van der Waals surface area contributed by atoms with Crippen molar-refractivity contribution in [1.29, 1.82) is 0 Å². The Hall–Kier alpha value is -3.45. The second kappa shape index (κ2) is 7.67. The van der Waals surface area contributed by atoms with Crippen molar-refractivity contribution in [2.45, 2.75) is 18.7 Å². The van der Waals surface area contributed by atoms with Gasteiger partial charge in [-0.3, -0.25) is 4.79 Å². The fourth-order valence-corrected chi connectivity index (χ4v) is 5.15. The predicted octanol–water partition coefficient (Wildman–Crippen LogP) is 5.10. The number of hydrogen-bond donors (Lipinski definition) is 0. The standard InChI is InChI=1S/C24H20FNO4S/c1-15-7-9-20(16(2)11-15)24(27)23-14-26(18-5-4-6-19(13-18)30-3)21-12-17(25)8-10-22(21)31(23,28)29/h4-14H,1-3H3. The molecule has 0 aromatic heterocycles. The van der Waals surface area contributed by atoms with Gasteiger partial charge in [0.2, 0.25) is 15.6 Å². The van der Waals surface area contributed by atoms with Gasteiger partial charge in [0, 0.05) is 23.5 Å². The molecule has 5 nitrogen and oxygen atoms in total. The van der Waals surface area contributed by atoms with Crippen LogP contribution in [0.15, 0.2) is 76.7 Å². The van der Waals surface area contributed by atoms with Crippen LogP contribution in [0, 0.1) is 19.7 Å². The summed E-state index contributed by atoms with van der Waals surface area (Å²) in [4.78, 5) is 14.3. The lowest BCUT2D eigenvalue weighted by molar-refractivity contribution is 0.104. The van der Waals surface area contributed by atoms with Crippen LogP contribution < -0.4 is 9.64 Å². The van der Waals surface area contributed by atoms with E-state index in [-0.39, 0.29) is 15.5 Å². The van der Waals surface area contributed by atoms with Crippen LogP contribution in [-0.2, 0) is 9.84 Å². The number of carbonyl (C=O) groups is 1. The van der Waals surface area contributed by atoms with Gasteiger partial charge in [-0.2, -0.15) is 0 Å². The second-order valence-electron chi connectivity index (χ2n) is 7.33. The molecule has 1 aliphatic rings. The lowest BCUT2D eigenvalue weighted by atomic mass is 10.0. The summed E-state index contributed by atoms with van der Waals surface area (Å²) in [6, 6.07) is 15.5. The van der Waals surface area contributed by atoms with Gasteiger partial charge in [-0.05, 0) is 49.7 Å². The molecule has 0 spiro atoms. The number of hydrogen-bond acceptors (Lipinski definition) is 5. The molecule has 0 fully saturated rings. The van der Waals surface area contributed by atoms with Gasteiger partial charge in [-0.1, -0.05) is 29.8 Å². The Bertz CT molecular complexity index is 1350. The highest BCUT2D eigenvalue weighted by molar-refractivity contribution is 7.96. The average molecular weight is 437 g/mol. The van der Waals surface area contributed by atoms with E-state index in [9.17, 15) is 17.6 Å². The molecule has 0 saturated carbocycles. The second-order valence-corrected chi connectivity index (χ2v) is 9.21. The SMILES string of the molecule is COc1cccc(N2C=C(C(=O)c3ccc(C)cc3C)S(=O)(=O)c3ccc(F)cc32)c1. The van der Waals surface area contributed by atoms with Crippen LogP contribution in [0.25, 0.3) is 0 Å². The Balaban J connectivity index is 1.95. The van der Waals surface area contributed by atoms with Crippen molar-refractivity contribution in [3.05, 3.63) is 94.3 Å². The lowest BCUT2D eigenvalue weighted by Gasteiger charge is -2.29. The zero-order valence-electron chi connectivity index (χ0n) is 17.2. The summed E-state index contributed by atoms with van der Waals surface area (Å²) in [5, 5.41) is 0. The molecule has 0 saturated heterocycles. The third-order valence-electron chi connectivity index (χ3n) is 5.19. The van der Waals surface area contributed by atoms with Crippen LogP contribution in [0.3, 0.4) is 0 Å². The number of Topliss-reactive ketones (excluding diaryl/α,β-unsaturated/α-hetero) is 1. The smallest absolute Gasteiger partial charge is 0.214 e. The molecule has 0 unspecified atom stereocenters. The molecule has 0 radical (unpaired) electrons. The normalized spacial score (nSPS) is 14.6. The first-order valence-electron chi connectivity index (χ1n) is 9.54.